The summed E-state index contributed by atoms with van der Waals surface area (Å²) in [6.07, 6.45) is 9.18. The second-order valence-corrected chi connectivity index (χ2v) is 6.70. The highest BCUT2D eigenvalue weighted by atomic mass is 16.5. The van der Waals surface area contributed by atoms with Crippen LogP contribution in [-0.4, -0.2) is 19.7 Å². The lowest BCUT2D eigenvalue weighted by atomic mass is 9.68. The Morgan fingerprint density at radius 2 is 2.08 bits per heavy atom. The van der Waals surface area contributed by atoms with E-state index >= 15 is 0 Å². The van der Waals surface area contributed by atoms with E-state index in [4.69, 9.17) is 9.47 Å². The number of ether oxygens (including phenoxy) is 2. The zero-order valence-electron chi connectivity index (χ0n) is 15.3. The first kappa shape index (κ1) is 18.6. The Hall–Kier alpha value is -1.77. The van der Waals surface area contributed by atoms with E-state index in [1.165, 1.54) is 29.5 Å². The van der Waals surface area contributed by atoms with Crippen LogP contribution in [0.1, 0.15) is 64.0 Å². The minimum Gasteiger partial charge on any atom is -0.490 e. The summed E-state index contributed by atoms with van der Waals surface area (Å²) in [6.45, 7) is 7.91. The van der Waals surface area contributed by atoms with Gasteiger partial charge in [-0.05, 0) is 43.7 Å². The minimum absolute atomic E-state index is 0.0403. The molecule has 0 saturated heterocycles. The molecular weight excluding hydrogens is 300 g/mol. The lowest BCUT2D eigenvalue weighted by Crippen LogP contribution is -2.28. The number of aryl methyl sites for hydroxylation is 1. The van der Waals surface area contributed by atoms with E-state index in [1.54, 1.807) is 0 Å². The molecule has 0 spiro atoms. The SMILES string of the molecule is CCCc1ccc([C@@]2(C)CCCC=C2CC)c(OCCOC=O)c1. The number of hydrogen-bond acceptors (Lipinski definition) is 3. The molecule has 0 aromatic heterocycles. The molecule has 0 amide bonds. The Balaban J connectivity index is 2.34. The molecule has 1 aliphatic carbocycles. The highest BCUT2D eigenvalue weighted by Crippen LogP contribution is 2.45. The highest BCUT2D eigenvalue weighted by Gasteiger charge is 2.34. The predicted octanol–water partition coefficient (Wildman–Crippen LogP) is 4.97. The van der Waals surface area contributed by atoms with Crippen LogP contribution in [0.15, 0.2) is 29.8 Å². The Bertz CT molecular complexity index is 576. The van der Waals surface area contributed by atoms with Crippen molar-refractivity contribution in [2.75, 3.05) is 13.2 Å². The average molecular weight is 330 g/mol. The van der Waals surface area contributed by atoms with Gasteiger partial charge in [0.2, 0.25) is 0 Å². The lowest BCUT2D eigenvalue weighted by molar-refractivity contribution is -0.129. The van der Waals surface area contributed by atoms with Gasteiger partial charge in [0.05, 0.1) is 0 Å². The lowest BCUT2D eigenvalue weighted by Gasteiger charge is -2.37. The van der Waals surface area contributed by atoms with Gasteiger partial charge in [-0.25, -0.2) is 0 Å². The molecular formula is C21H30O3. The molecule has 1 aromatic carbocycles. The third-order valence-electron chi connectivity index (χ3n) is 5.07. The second kappa shape index (κ2) is 8.91. The van der Waals surface area contributed by atoms with Crippen LogP contribution in [0.3, 0.4) is 0 Å². The zero-order valence-corrected chi connectivity index (χ0v) is 15.3. The van der Waals surface area contributed by atoms with E-state index in [1.807, 2.05) is 0 Å². The fourth-order valence-corrected chi connectivity index (χ4v) is 3.79. The van der Waals surface area contributed by atoms with Crippen LogP contribution < -0.4 is 4.74 Å². The molecule has 0 bridgehead atoms. The molecule has 1 aliphatic rings. The number of hydrogen-bond donors (Lipinski definition) is 0. The quantitative estimate of drug-likeness (QED) is 0.364. The standard InChI is InChI=1S/C21H30O3/c1-4-8-17-10-11-19(20(15-17)24-14-13-23-16-22)21(3)12-7-6-9-18(21)5-2/h9-11,15-16H,4-8,12-14H2,1-3H3/t21-/m0/s1. The third-order valence-corrected chi connectivity index (χ3v) is 5.07. The average Bonchev–Trinajstić information content (AvgIpc) is 2.59. The number of carbonyl (C=O) groups excluding carboxylic acids is 1. The van der Waals surface area contributed by atoms with E-state index < -0.39 is 0 Å². The third kappa shape index (κ3) is 4.19. The van der Waals surface area contributed by atoms with Crippen LogP contribution in [0, 0.1) is 0 Å². The molecule has 1 atom stereocenters. The Labute approximate surface area is 146 Å². The zero-order chi connectivity index (χ0) is 17.4. The molecule has 0 saturated carbocycles. The summed E-state index contributed by atoms with van der Waals surface area (Å²) in [5.41, 5.74) is 4.11. The first-order chi connectivity index (χ1) is 11.7. The van der Waals surface area contributed by atoms with Gasteiger partial charge < -0.3 is 9.47 Å². The van der Waals surface area contributed by atoms with Gasteiger partial charge in [0.15, 0.2) is 0 Å². The van der Waals surface area contributed by atoms with Crippen molar-refractivity contribution < 1.29 is 14.3 Å². The van der Waals surface area contributed by atoms with Gasteiger partial charge in [0, 0.05) is 11.0 Å². The topological polar surface area (TPSA) is 35.5 Å². The summed E-state index contributed by atoms with van der Waals surface area (Å²) in [5, 5.41) is 0. The number of benzene rings is 1. The van der Waals surface area contributed by atoms with Crippen molar-refractivity contribution in [3.05, 3.63) is 41.0 Å². The molecule has 0 fully saturated rings. The molecule has 1 aromatic rings. The number of rotatable bonds is 9. The summed E-state index contributed by atoms with van der Waals surface area (Å²) in [7, 11) is 0. The number of allylic oxidation sites excluding steroid dienone is 2. The van der Waals surface area contributed by atoms with Crippen LogP contribution in [0.5, 0.6) is 5.75 Å². The van der Waals surface area contributed by atoms with Gasteiger partial charge >= 0.3 is 0 Å². The normalized spacial score (nSPS) is 20.4. The van der Waals surface area contributed by atoms with Crippen molar-refractivity contribution in [2.45, 2.75) is 64.7 Å². The highest BCUT2D eigenvalue weighted by molar-refractivity contribution is 5.48. The van der Waals surface area contributed by atoms with Crippen LogP contribution in [0.4, 0.5) is 0 Å². The van der Waals surface area contributed by atoms with Gasteiger partial charge in [0.25, 0.3) is 6.47 Å². The molecule has 0 radical (unpaired) electrons. The van der Waals surface area contributed by atoms with Crippen molar-refractivity contribution in [1.29, 1.82) is 0 Å². The van der Waals surface area contributed by atoms with E-state index in [-0.39, 0.29) is 12.0 Å². The maximum atomic E-state index is 10.3. The van der Waals surface area contributed by atoms with Crippen LogP contribution in [0.25, 0.3) is 0 Å². The summed E-state index contributed by atoms with van der Waals surface area (Å²) >= 11 is 0. The van der Waals surface area contributed by atoms with Gasteiger partial charge in [-0.1, -0.05) is 51.0 Å². The van der Waals surface area contributed by atoms with Gasteiger partial charge in [-0.3, -0.25) is 4.79 Å². The molecule has 0 N–H and O–H groups in total. The molecule has 0 aliphatic heterocycles. The molecule has 0 heterocycles. The number of carbonyl (C=O) groups is 1. The minimum atomic E-state index is 0.0403. The molecule has 0 unspecified atom stereocenters. The second-order valence-electron chi connectivity index (χ2n) is 6.70. The van der Waals surface area contributed by atoms with Gasteiger partial charge in [-0.15, -0.1) is 0 Å². The largest absolute Gasteiger partial charge is 0.490 e. The smallest absolute Gasteiger partial charge is 0.293 e. The van der Waals surface area contributed by atoms with Gasteiger partial charge in [0.1, 0.15) is 19.0 Å². The summed E-state index contributed by atoms with van der Waals surface area (Å²) in [4.78, 5) is 10.3. The Morgan fingerprint density at radius 1 is 1.25 bits per heavy atom. The summed E-state index contributed by atoms with van der Waals surface area (Å²) in [6, 6.07) is 6.66. The maximum Gasteiger partial charge on any atom is 0.293 e. The Morgan fingerprint density at radius 3 is 2.79 bits per heavy atom. The molecule has 132 valence electrons. The van der Waals surface area contributed by atoms with Crippen molar-refractivity contribution >= 4 is 6.47 Å². The molecule has 24 heavy (non-hydrogen) atoms. The van der Waals surface area contributed by atoms with Crippen molar-refractivity contribution in [2.24, 2.45) is 0 Å². The summed E-state index contributed by atoms with van der Waals surface area (Å²) in [5.74, 6) is 0.944. The van der Waals surface area contributed by atoms with Crippen LogP contribution in [0.2, 0.25) is 0 Å². The summed E-state index contributed by atoms with van der Waals surface area (Å²) < 4.78 is 10.8. The monoisotopic (exact) mass is 330 g/mol. The first-order valence-corrected chi connectivity index (χ1v) is 9.16. The fraction of sp³-hybridized carbons (Fsp3) is 0.571. The van der Waals surface area contributed by atoms with Crippen molar-refractivity contribution in [3.8, 4) is 5.75 Å². The van der Waals surface area contributed by atoms with E-state index in [0.717, 1.165) is 31.4 Å². The van der Waals surface area contributed by atoms with E-state index in [9.17, 15) is 4.79 Å². The van der Waals surface area contributed by atoms with Crippen LogP contribution in [-0.2, 0) is 21.4 Å². The molecule has 3 heteroatoms. The fourth-order valence-electron chi connectivity index (χ4n) is 3.79. The van der Waals surface area contributed by atoms with E-state index in [2.05, 4.69) is 45.0 Å². The Kier molecular flexibility index (Phi) is 6.89. The van der Waals surface area contributed by atoms with Crippen molar-refractivity contribution in [1.82, 2.24) is 0 Å². The molecule has 3 nitrogen and oxygen atoms in total. The van der Waals surface area contributed by atoms with Gasteiger partial charge in [-0.2, -0.15) is 0 Å². The predicted molar refractivity (Wildman–Crippen MR) is 97.5 cm³/mol. The van der Waals surface area contributed by atoms with Crippen LogP contribution >= 0.6 is 0 Å². The van der Waals surface area contributed by atoms with Crippen molar-refractivity contribution in [3.63, 3.8) is 0 Å². The first-order valence-electron chi connectivity index (χ1n) is 9.16. The maximum absolute atomic E-state index is 10.3. The molecule has 2 rings (SSSR count). The van der Waals surface area contributed by atoms with E-state index in [0.29, 0.717) is 13.1 Å².